The zero-order valence-corrected chi connectivity index (χ0v) is 12.8. The van der Waals surface area contributed by atoms with E-state index in [2.05, 4.69) is 23.8 Å². The standard InChI is InChI=1S/C12H20N2O5S/c1-7(2)9(15)13-11(14-10(16)8(3)4)12(5,6)20(17,18)19/h11H,1,3H2,2,4-6H3,(H,13,15)(H,14,16)(H,17,18,19)/p-1. The molecule has 0 atom stereocenters. The highest BCUT2D eigenvalue weighted by Crippen LogP contribution is 2.19. The lowest BCUT2D eigenvalue weighted by Crippen LogP contribution is -2.62. The van der Waals surface area contributed by atoms with Gasteiger partial charge in [-0.2, -0.15) is 0 Å². The molecule has 0 spiro atoms. The Morgan fingerprint density at radius 3 is 1.55 bits per heavy atom. The summed E-state index contributed by atoms with van der Waals surface area (Å²) in [6.45, 7) is 11.8. The Morgan fingerprint density at radius 1 is 1.05 bits per heavy atom. The molecule has 0 saturated carbocycles. The minimum atomic E-state index is -4.78. The third kappa shape index (κ3) is 4.46. The Morgan fingerprint density at radius 2 is 1.35 bits per heavy atom. The summed E-state index contributed by atoms with van der Waals surface area (Å²) in [6.07, 6.45) is -1.40. The molecule has 0 bridgehead atoms. The van der Waals surface area contributed by atoms with Crippen molar-refractivity contribution in [1.82, 2.24) is 10.6 Å². The zero-order valence-electron chi connectivity index (χ0n) is 11.9. The molecular formula is C12H19N2O5S-. The van der Waals surface area contributed by atoms with Crippen LogP contribution in [0.1, 0.15) is 27.7 Å². The second-order valence-electron chi connectivity index (χ2n) is 5.00. The molecule has 0 unspecified atom stereocenters. The summed E-state index contributed by atoms with van der Waals surface area (Å²) in [5.74, 6) is -1.34. The number of hydrogen-bond donors (Lipinski definition) is 2. The SMILES string of the molecule is C=C(C)C(=O)NC(NC(=O)C(=C)C)C(C)(C)S(=O)(=O)[O-]. The van der Waals surface area contributed by atoms with Crippen LogP contribution in [0.15, 0.2) is 24.3 Å². The fourth-order valence-electron chi connectivity index (χ4n) is 1.04. The van der Waals surface area contributed by atoms with Crippen molar-refractivity contribution in [2.45, 2.75) is 38.6 Å². The maximum Gasteiger partial charge on any atom is 0.247 e. The summed E-state index contributed by atoms with van der Waals surface area (Å²) in [5.41, 5.74) is 0.220. The Bertz CT molecular complexity index is 520. The molecule has 7 nitrogen and oxygen atoms in total. The van der Waals surface area contributed by atoms with E-state index in [1.807, 2.05) is 0 Å². The summed E-state index contributed by atoms with van der Waals surface area (Å²) in [5, 5.41) is 4.52. The van der Waals surface area contributed by atoms with E-state index in [4.69, 9.17) is 0 Å². The molecule has 0 rings (SSSR count). The van der Waals surface area contributed by atoms with Gasteiger partial charge >= 0.3 is 0 Å². The average Bonchev–Trinajstić information content (AvgIpc) is 2.25. The van der Waals surface area contributed by atoms with E-state index in [9.17, 15) is 22.6 Å². The lowest BCUT2D eigenvalue weighted by molar-refractivity contribution is -0.121. The topological polar surface area (TPSA) is 115 Å². The highest BCUT2D eigenvalue weighted by atomic mass is 32.2. The first-order valence-corrected chi connectivity index (χ1v) is 7.09. The second kappa shape index (κ2) is 6.19. The smallest absolute Gasteiger partial charge is 0.247 e. The van der Waals surface area contributed by atoms with Crippen LogP contribution in [0, 0.1) is 0 Å². The van der Waals surface area contributed by atoms with Gasteiger partial charge in [0.1, 0.15) is 16.3 Å². The van der Waals surface area contributed by atoms with E-state index < -0.39 is 32.8 Å². The molecule has 0 aromatic carbocycles. The molecule has 0 aromatic heterocycles. The molecule has 0 aliphatic heterocycles. The van der Waals surface area contributed by atoms with Crippen LogP contribution in [0.3, 0.4) is 0 Å². The van der Waals surface area contributed by atoms with Crippen LogP contribution in [0.4, 0.5) is 0 Å². The van der Waals surface area contributed by atoms with Crippen LogP contribution >= 0.6 is 0 Å². The summed E-state index contributed by atoms with van der Waals surface area (Å²) in [6, 6.07) is 0. The van der Waals surface area contributed by atoms with Gasteiger partial charge in [0.25, 0.3) is 0 Å². The maximum atomic E-state index is 11.6. The van der Waals surface area contributed by atoms with E-state index in [-0.39, 0.29) is 11.1 Å². The van der Waals surface area contributed by atoms with Gasteiger partial charge in [-0.05, 0) is 27.7 Å². The zero-order chi connectivity index (χ0) is 16.3. The molecule has 0 fully saturated rings. The van der Waals surface area contributed by atoms with Crippen LogP contribution in [0.25, 0.3) is 0 Å². The molecule has 0 heterocycles. The first-order chi connectivity index (χ1) is 8.80. The molecule has 0 aliphatic rings. The van der Waals surface area contributed by atoms with Crippen molar-refractivity contribution in [3.8, 4) is 0 Å². The molecule has 8 heteroatoms. The average molecular weight is 303 g/mol. The van der Waals surface area contributed by atoms with Crippen LogP contribution in [-0.2, 0) is 19.7 Å². The lowest BCUT2D eigenvalue weighted by Gasteiger charge is -2.37. The number of carbonyl (C=O) groups excluding carboxylic acids is 2. The molecule has 0 aliphatic carbocycles. The van der Waals surface area contributed by atoms with Gasteiger partial charge < -0.3 is 15.2 Å². The van der Waals surface area contributed by atoms with Gasteiger partial charge in [-0.15, -0.1) is 0 Å². The van der Waals surface area contributed by atoms with Gasteiger partial charge in [0.2, 0.25) is 11.8 Å². The van der Waals surface area contributed by atoms with E-state index in [0.717, 1.165) is 13.8 Å². The Hall–Kier alpha value is -1.67. The Kier molecular flexibility index (Phi) is 5.67. The second-order valence-corrected chi connectivity index (χ2v) is 6.96. The van der Waals surface area contributed by atoms with Gasteiger partial charge in [-0.3, -0.25) is 9.59 Å². The molecule has 0 saturated heterocycles. The van der Waals surface area contributed by atoms with Crippen LogP contribution in [0.5, 0.6) is 0 Å². The van der Waals surface area contributed by atoms with Crippen molar-refractivity contribution in [2.75, 3.05) is 0 Å². The molecule has 2 amide bonds. The molecule has 114 valence electrons. The summed E-state index contributed by atoms with van der Waals surface area (Å²) >= 11 is 0. The van der Waals surface area contributed by atoms with Crippen molar-refractivity contribution < 1.29 is 22.6 Å². The molecule has 0 radical (unpaired) electrons. The number of amides is 2. The van der Waals surface area contributed by atoms with Crippen molar-refractivity contribution in [1.29, 1.82) is 0 Å². The van der Waals surface area contributed by atoms with E-state index in [1.165, 1.54) is 13.8 Å². The predicted molar refractivity (Wildman–Crippen MR) is 73.5 cm³/mol. The van der Waals surface area contributed by atoms with Crippen molar-refractivity contribution in [3.63, 3.8) is 0 Å². The molecular weight excluding hydrogens is 284 g/mol. The maximum absolute atomic E-state index is 11.6. The molecule has 20 heavy (non-hydrogen) atoms. The Balaban J connectivity index is 5.48. The largest absolute Gasteiger partial charge is 0.747 e. The normalized spacial score (nSPS) is 11.9. The first kappa shape index (κ1) is 18.3. The molecule has 0 aromatic rings. The van der Waals surface area contributed by atoms with Gasteiger partial charge in [-0.25, -0.2) is 8.42 Å². The van der Waals surface area contributed by atoms with Gasteiger partial charge in [-0.1, -0.05) is 13.2 Å². The van der Waals surface area contributed by atoms with Crippen LogP contribution < -0.4 is 10.6 Å². The number of hydrogen-bond acceptors (Lipinski definition) is 5. The summed E-state index contributed by atoms with van der Waals surface area (Å²) < 4.78 is 31.9. The van der Waals surface area contributed by atoms with Crippen molar-refractivity contribution in [2.24, 2.45) is 0 Å². The molecule has 2 N–H and O–H groups in total. The highest BCUT2D eigenvalue weighted by molar-refractivity contribution is 7.87. The summed E-state index contributed by atoms with van der Waals surface area (Å²) in [7, 11) is -4.78. The quantitative estimate of drug-likeness (QED) is 0.408. The summed E-state index contributed by atoms with van der Waals surface area (Å²) in [4.78, 5) is 23.2. The van der Waals surface area contributed by atoms with Gasteiger partial charge in [0.05, 0.1) is 4.75 Å². The van der Waals surface area contributed by atoms with E-state index in [1.54, 1.807) is 0 Å². The number of rotatable bonds is 6. The minimum absolute atomic E-state index is 0.110. The third-order valence-electron chi connectivity index (χ3n) is 2.67. The predicted octanol–water partition coefficient (Wildman–Crippen LogP) is 0.0209. The fraction of sp³-hybridized carbons (Fsp3) is 0.500. The fourth-order valence-corrected chi connectivity index (χ4v) is 1.44. The van der Waals surface area contributed by atoms with Gasteiger partial charge in [0.15, 0.2) is 0 Å². The lowest BCUT2D eigenvalue weighted by atomic mass is 10.1. The monoisotopic (exact) mass is 303 g/mol. The van der Waals surface area contributed by atoms with Crippen LogP contribution in [0.2, 0.25) is 0 Å². The Labute approximate surface area is 118 Å². The van der Waals surface area contributed by atoms with E-state index >= 15 is 0 Å². The number of carbonyl (C=O) groups is 2. The van der Waals surface area contributed by atoms with E-state index in [0.29, 0.717) is 0 Å². The first-order valence-electron chi connectivity index (χ1n) is 5.69. The number of nitrogens with one attached hydrogen (secondary N) is 2. The highest BCUT2D eigenvalue weighted by Gasteiger charge is 2.38. The van der Waals surface area contributed by atoms with Crippen molar-refractivity contribution in [3.05, 3.63) is 24.3 Å². The third-order valence-corrected chi connectivity index (χ3v) is 4.19. The van der Waals surface area contributed by atoms with Crippen LogP contribution in [-0.4, -0.2) is 35.7 Å². The van der Waals surface area contributed by atoms with Crippen molar-refractivity contribution >= 4 is 21.9 Å². The minimum Gasteiger partial charge on any atom is -0.747 e. The van der Waals surface area contributed by atoms with Gasteiger partial charge in [0, 0.05) is 11.1 Å².